The highest BCUT2D eigenvalue weighted by Gasteiger charge is 2.13. The van der Waals surface area contributed by atoms with Crippen molar-refractivity contribution in [3.63, 3.8) is 0 Å². The molecule has 3 aromatic rings. The van der Waals surface area contributed by atoms with Crippen molar-refractivity contribution in [2.75, 3.05) is 5.32 Å². The predicted molar refractivity (Wildman–Crippen MR) is 101 cm³/mol. The Morgan fingerprint density at radius 3 is 2.21 bits per heavy atom. The van der Waals surface area contributed by atoms with E-state index in [9.17, 15) is 4.79 Å². The van der Waals surface area contributed by atoms with Crippen molar-refractivity contribution in [1.29, 1.82) is 0 Å². The molecule has 0 aliphatic carbocycles. The smallest absolute Gasteiger partial charge is 0.255 e. The fourth-order valence-corrected chi connectivity index (χ4v) is 3.03. The van der Waals surface area contributed by atoms with Crippen LogP contribution in [-0.2, 0) is 5.41 Å². The van der Waals surface area contributed by atoms with Crippen molar-refractivity contribution >= 4 is 22.9 Å². The van der Waals surface area contributed by atoms with Gasteiger partial charge in [0, 0.05) is 28.4 Å². The van der Waals surface area contributed by atoms with Crippen LogP contribution in [0.4, 0.5) is 5.69 Å². The minimum Gasteiger partial charge on any atom is -0.322 e. The van der Waals surface area contributed by atoms with E-state index in [-0.39, 0.29) is 11.3 Å². The molecule has 0 aliphatic heterocycles. The molecule has 2 aromatic carbocycles. The zero-order valence-electron chi connectivity index (χ0n) is 14.0. The number of anilines is 1. The molecule has 0 spiro atoms. The predicted octanol–water partition coefficient (Wildman–Crippen LogP) is 5.36. The quantitative estimate of drug-likeness (QED) is 0.699. The summed E-state index contributed by atoms with van der Waals surface area (Å²) in [5, 5.41) is 5.84. The summed E-state index contributed by atoms with van der Waals surface area (Å²) in [5.41, 5.74) is 3.81. The van der Waals surface area contributed by atoms with Gasteiger partial charge in [0.1, 0.15) is 5.01 Å². The molecule has 0 atom stereocenters. The molecule has 24 heavy (non-hydrogen) atoms. The SMILES string of the molecule is CC(C)(C)c1ccc(NC(=O)c2ccc(-c3nccs3)cc2)cc1. The Bertz CT molecular complexity index is 814. The fourth-order valence-electron chi connectivity index (χ4n) is 2.39. The first-order valence-electron chi connectivity index (χ1n) is 7.85. The van der Waals surface area contributed by atoms with Crippen LogP contribution >= 0.6 is 11.3 Å². The first kappa shape index (κ1) is 16.4. The molecule has 4 heteroatoms. The Kier molecular flexibility index (Phi) is 4.49. The van der Waals surface area contributed by atoms with Crippen molar-refractivity contribution in [2.45, 2.75) is 26.2 Å². The number of nitrogens with zero attached hydrogens (tertiary/aromatic N) is 1. The van der Waals surface area contributed by atoms with E-state index in [0.717, 1.165) is 16.3 Å². The van der Waals surface area contributed by atoms with Gasteiger partial charge in [0.2, 0.25) is 0 Å². The second-order valence-corrected chi connectivity index (χ2v) is 7.59. The molecule has 0 unspecified atom stereocenters. The second-order valence-electron chi connectivity index (χ2n) is 6.70. The summed E-state index contributed by atoms with van der Waals surface area (Å²) >= 11 is 1.58. The highest BCUT2D eigenvalue weighted by Crippen LogP contribution is 2.24. The summed E-state index contributed by atoms with van der Waals surface area (Å²) in [5.74, 6) is -0.107. The largest absolute Gasteiger partial charge is 0.322 e. The topological polar surface area (TPSA) is 42.0 Å². The molecule has 3 nitrogen and oxygen atoms in total. The van der Waals surface area contributed by atoms with Crippen LogP contribution in [-0.4, -0.2) is 10.9 Å². The van der Waals surface area contributed by atoms with Crippen molar-refractivity contribution in [2.24, 2.45) is 0 Å². The molecule has 122 valence electrons. The first-order chi connectivity index (χ1) is 11.4. The molecule has 1 amide bonds. The first-order valence-corrected chi connectivity index (χ1v) is 8.73. The van der Waals surface area contributed by atoms with Crippen LogP contribution in [0.15, 0.2) is 60.1 Å². The van der Waals surface area contributed by atoms with Gasteiger partial charge < -0.3 is 5.32 Å². The summed E-state index contributed by atoms with van der Waals surface area (Å²) in [7, 11) is 0. The molecule has 0 saturated carbocycles. The average molecular weight is 336 g/mol. The summed E-state index contributed by atoms with van der Waals surface area (Å²) in [6, 6.07) is 15.5. The molecule has 1 aromatic heterocycles. The number of carbonyl (C=O) groups excluding carboxylic acids is 1. The zero-order valence-corrected chi connectivity index (χ0v) is 14.9. The number of hydrogen-bond donors (Lipinski definition) is 1. The number of nitrogens with one attached hydrogen (secondary N) is 1. The van der Waals surface area contributed by atoms with Gasteiger partial charge in [-0.2, -0.15) is 0 Å². The van der Waals surface area contributed by atoms with Gasteiger partial charge in [0.05, 0.1) is 0 Å². The van der Waals surface area contributed by atoms with Crippen molar-refractivity contribution in [1.82, 2.24) is 4.98 Å². The van der Waals surface area contributed by atoms with E-state index < -0.39 is 0 Å². The monoisotopic (exact) mass is 336 g/mol. The minimum atomic E-state index is -0.107. The van der Waals surface area contributed by atoms with Gasteiger partial charge in [-0.3, -0.25) is 4.79 Å². The summed E-state index contributed by atoms with van der Waals surface area (Å²) in [6.45, 7) is 6.51. The van der Waals surface area contributed by atoms with Crippen LogP contribution in [0.3, 0.4) is 0 Å². The lowest BCUT2D eigenvalue weighted by atomic mass is 9.87. The third-order valence-electron chi connectivity index (χ3n) is 3.84. The second kappa shape index (κ2) is 6.57. The van der Waals surface area contributed by atoms with E-state index >= 15 is 0 Å². The van der Waals surface area contributed by atoms with Gasteiger partial charge in [-0.25, -0.2) is 4.98 Å². The van der Waals surface area contributed by atoms with Crippen molar-refractivity contribution < 1.29 is 4.79 Å². The van der Waals surface area contributed by atoms with E-state index in [1.165, 1.54) is 5.56 Å². The van der Waals surface area contributed by atoms with Crippen molar-refractivity contribution in [3.8, 4) is 10.6 Å². The fraction of sp³-hybridized carbons (Fsp3) is 0.200. The third-order valence-corrected chi connectivity index (χ3v) is 4.66. The lowest BCUT2D eigenvalue weighted by molar-refractivity contribution is 0.102. The molecular weight excluding hydrogens is 316 g/mol. The van der Waals surface area contributed by atoms with Gasteiger partial charge in [0.15, 0.2) is 0 Å². The molecule has 0 fully saturated rings. The number of benzene rings is 2. The molecule has 0 aliphatic rings. The van der Waals surface area contributed by atoms with Crippen LogP contribution in [0.5, 0.6) is 0 Å². The molecule has 3 rings (SSSR count). The van der Waals surface area contributed by atoms with Crippen LogP contribution in [0.25, 0.3) is 10.6 Å². The van der Waals surface area contributed by atoms with E-state index in [0.29, 0.717) is 5.56 Å². The van der Waals surface area contributed by atoms with E-state index in [1.54, 1.807) is 17.5 Å². The van der Waals surface area contributed by atoms with Gasteiger partial charge in [-0.1, -0.05) is 45.0 Å². The van der Waals surface area contributed by atoms with Crippen LogP contribution < -0.4 is 5.32 Å². The molecule has 1 N–H and O–H groups in total. The maximum Gasteiger partial charge on any atom is 0.255 e. The molecule has 0 saturated heterocycles. The summed E-state index contributed by atoms with van der Waals surface area (Å²) < 4.78 is 0. The zero-order chi connectivity index (χ0) is 17.2. The maximum absolute atomic E-state index is 12.4. The highest BCUT2D eigenvalue weighted by molar-refractivity contribution is 7.13. The normalized spacial score (nSPS) is 11.3. The van der Waals surface area contributed by atoms with Gasteiger partial charge in [-0.05, 0) is 35.2 Å². The third kappa shape index (κ3) is 3.71. The highest BCUT2D eigenvalue weighted by atomic mass is 32.1. The number of rotatable bonds is 3. The Balaban J connectivity index is 1.71. The Hall–Kier alpha value is -2.46. The lowest BCUT2D eigenvalue weighted by Crippen LogP contribution is -2.13. The Morgan fingerprint density at radius 2 is 1.67 bits per heavy atom. The van der Waals surface area contributed by atoms with E-state index in [2.05, 4.69) is 43.2 Å². The van der Waals surface area contributed by atoms with Gasteiger partial charge >= 0.3 is 0 Å². The van der Waals surface area contributed by atoms with Crippen LogP contribution in [0.1, 0.15) is 36.7 Å². The number of carbonyl (C=O) groups is 1. The number of aromatic nitrogens is 1. The lowest BCUT2D eigenvalue weighted by Gasteiger charge is -2.19. The summed E-state index contributed by atoms with van der Waals surface area (Å²) in [4.78, 5) is 16.6. The number of thiazole rings is 1. The van der Waals surface area contributed by atoms with E-state index in [4.69, 9.17) is 0 Å². The van der Waals surface area contributed by atoms with Gasteiger partial charge in [0.25, 0.3) is 5.91 Å². The van der Waals surface area contributed by atoms with Gasteiger partial charge in [-0.15, -0.1) is 11.3 Å². The Labute approximate surface area is 146 Å². The maximum atomic E-state index is 12.4. The van der Waals surface area contributed by atoms with Crippen LogP contribution in [0.2, 0.25) is 0 Å². The summed E-state index contributed by atoms with van der Waals surface area (Å²) in [6.07, 6.45) is 1.78. The minimum absolute atomic E-state index is 0.105. The number of hydrogen-bond acceptors (Lipinski definition) is 3. The molecule has 0 radical (unpaired) electrons. The van der Waals surface area contributed by atoms with Crippen LogP contribution in [0, 0.1) is 0 Å². The van der Waals surface area contributed by atoms with E-state index in [1.807, 2.05) is 41.8 Å². The number of amides is 1. The van der Waals surface area contributed by atoms with Crippen molar-refractivity contribution in [3.05, 3.63) is 71.2 Å². The molecular formula is C20H20N2OS. The standard InChI is InChI=1S/C20H20N2OS/c1-20(2,3)16-8-10-17(11-9-16)22-18(23)14-4-6-15(7-5-14)19-21-12-13-24-19/h4-13H,1-3H3,(H,22,23). The average Bonchev–Trinajstić information content (AvgIpc) is 3.09. The molecule has 1 heterocycles. The Morgan fingerprint density at radius 1 is 1.00 bits per heavy atom. The molecule has 0 bridgehead atoms.